The van der Waals surface area contributed by atoms with E-state index in [0.29, 0.717) is 23.4 Å². The highest BCUT2D eigenvalue weighted by Gasteiger charge is 2.37. The molecular weight excluding hydrogens is 380 g/mol. The molecule has 1 unspecified atom stereocenters. The van der Waals surface area contributed by atoms with Gasteiger partial charge in [-0.1, -0.05) is 60.7 Å². The number of para-hydroxylation sites is 1. The second kappa shape index (κ2) is 8.21. The number of esters is 1. The van der Waals surface area contributed by atoms with E-state index in [1.54, 1.807) is 35.2 Å². The zero-order valence-electron chi connectivity index (χ0n) is 16.4. The Labute approximate surface area is 174 Å². The van der Waals surface area contributed by atoms with Crippen molar-refractivity contribution in [3.8, 4) is 0 Å². The van der Waals surface area contributed by atoms with Gasteiger partial charge < -0.3 is 15.0 Å². The number of ether oxygens (including phenoxy) is 1. The first-order chi connectivity index (χ1) is 14.6. The van der Waals surface area contributed by atoms with E-state index in [0.717, 1.165) is 5.56 Å². The fourth-order valence-corrected chi connectivity index (χ4v) is 3.67. The maximum atomic E-state index is 13.4. The van der Waals surface area contributed by atoms with Crippen molar-refractivity contribution in [2.75, 3.05) is 12.4 Å². The summed E-state index contributed by atoms with van der Waals surface area (Å²) in [6, 6.07) is 22.2. The van der Waals surface area contributed by atoms with Gasteiger partial charge in [0.25, 0.3) is 11.8 Å². The molecule has 1 heterocycles. The molecule has 2 amide bonds. The lowest BCUT2D eigenvalue weighted by molar-refractivity contribution is -0.120. The molecule has 3 aromatic carbocycles. The van der Waals surface area contributed by atoms with Gasteiger partial charge in [-0.15, -0.1) is 0 Å². The third kappa shape index (κ3) is 3.55. The predicted octanol–water partition coefficient (Wildman–Crippen LogP) is 3.81. The van der Waals surface area contributed by atoms with E-state index in [-0.39, 0.29) is 11.5 Å². The molecule has 0 spiro atoms. The Balaban J connectivity index is 1.70. The lowest BCUT2D eigenvalue weighted by Gasteiger charge is -2.27. The van der Waals surface area contributed by atoms with Crippen molar-refractivity contribution in [1.82, 2.24) is 4.90 Å². The number of fused-ring (bicyclic) bond motifs is 1. The Morgan fingerprint density at radius 2 is 1.60 bits per heavy atom. The van der Waals surface area contributed by atoms with Crippen molar-refractivity contribution in [2.45, 2.75) is 12.6 Å². The van der Waals surface area contributed by atoms with Gasteiger partial charge in [-0.2, -0.15) is 0 Å². The molecule has 6 nitrogen and oxygen atoms in total. The predicted molar refractivity (Wildman–Crippen MR) is 112 cm³/mol. The van der Waals surface area contributed by atoms with Crippen molar-refractivity contribution >= 4 is 23.5 Å². The van der Waals surface area contributed by atoms with E-state index in [4.69, 9.17) is 4.74 Å². The molecule has 0 aliphatic carbocycles. The van der Waals surface area contributed by atoms with Gasteiger partial charge in [0.15, 0.2) is 0 Å². The number of carbonyl (C=O) groups is 3. The summed E-state index contributed by atoms with van der Waals surface area (Å²) < 4.78 is 4.81. The minimum Gasteiger partial charge on any atom is -0.465 e. The van der Waals surface area contributed by atoms with Crippen LogP contribution in [0.15, 0.2) is 78.9 Å². The Kier molecular flexibility index (Phi) is 5.30. The molecule has 0 fully saturated rings. The summed E-state index contributed by atoms with van der Waals surface area (Å²) in [6.07, 6.45) is 0. The Hall–Kier alpha value is -3.93. The molecule has 150 valence electrons. The van der Waals surface area contributed by atoms with Crippen LogP contribution in [0.4, 0.5) is 5.69 Å². The molecule has 0 saturated heterocycles. The van der Waals surface area contributed by atoms with Crippen molar-refractivity contribution in [3.63, 3.8) is 0 Å². The number of carbonyl (C=O) groups excluding carboxylic acids is 3. The number of anilines is 1. The number of amides is 2. The van der Waals surface area contributed by atoms with Gasteiger partial charge in [0.2, 0.25) is 0 Å². The summed E-state index contributed by atoms with van der Waals surface area (Å²) in [5.74, 6) is -1.15. The van der Waals surface area contributed by atoms with E-state index in [1.165, 1.54) is 7.11 Å². The molecule has 0 bridgehead atoms. The number of hydrogen-bond donors (Lipinski definition) is 1. The van der Waals surface area contributed by atoms with Crippen LogP contribution in [-0.2, 0) is 16.1 Å². The molecular formula is C24H20N2O4. The first-order valence-electron chi connectivity index (χ1n) is 9.52. The van der Waals surface area contributed by atoms with Gasteiger partial charge in [0.05, 0.1) is 18.4 Å². The Morgan fingerprint density at radius 3 is 2.33 bits per heavy atom. The molecule has 4 rings (SSSR count). The largest absolute Gasteiger partial charge is 0.465 e. The summed E-state index contributed by atoms with van der Waals surface area (Å²) in [6.45, 7) is 0.334. The summed E-state index contributed by atoms with van der Waals surface area (Å²) in [4.78, 5) is 40.1. The van der Waals surface area contributed by atoms with Crippen LogP contribution in [-0.4, -0.2) is 29.8 Å². The van der Waals surface area contributed by atoms with Crippen LogP contribution in [0, 0.1) is 0 Å². The van der Waals surface area contributed by atoms with Crippen LogP contribution in [0.2, 0.25) is 0 Å². The van der Waals surface area contributed by atoms with Crippen LogP contribution in [0.5, 0.6) is 0 Å². The highest BCUT2D eigenvalue weighted by molar-refractivity contribution is 6.06. The average Bonchev–Trinajstić information content (AvgIpc) is 3.11. The molecule has 30 heavy (non-hydrogen) atoms. The lowest BCUT2D eigenvalue weighted by atomic mass is 10.0. The zero-order valence-corrected chi connectivity index (χ0v) is 16.4. The number of nitrogens with one attached hydrogen (secondary N) is 1. The summed E-state index contributed by atoms with van der Waals surface area (Å²) in [5, 5.41) is 2.81. The molecule has 6 heteroatoms. The van der Waals surface area contributed by atoms with Crippen LogP contribution >= 0.6 is 0 Å². The molecule has 3 aromatic rings. The normalized spacial score (nSPS) is 13.5. The highest BCUT2D eigenvalue weighted by Crippen LogP contribution is 2.32. The van der Waals surface area contributed by atoms with Gasteiger partial charge in [0.1, 0.15) is 6.04 Å². The van der Waals surface area contributed by atoms with Gasteiger partial charge in [-0.25, -0.2) is 4.79 Å². The van der Waals surface area contributed by atoms with E-state index in [9.17, 15) is 14.4 Å². The topological polar surface area (TPSA) is 75.7 Å². The zero-order chi connectivity index (χ0) is 21.1. The van der Waals surface area contributed by atoms with Gasteiger partial charge in [0, 0.05) is 12.1 Å². The minimum absolute atomic E-state index is 0.198. The first-order valence-corrected chi connectivity index (χ1v) is 9.52. The SMILES string of the molecule is COC(=O)c1ccccc1NC(=O)C(c1ccccc1)N1Cc2ccccc2C1=O. The van der Waals surface area contributed by atoms with Crippen molar-refractivity contribution in [2.24, 2.45) is 0 Å². The quantitative estimate of drug-likeness (QED) is 0.661. The molecule has 1 aliphatic rings. The summed E-state index contributed by atoms with van der Waals surface area (Å²) in [5.41, 5.74) is 2.75. The minimum atomic E-state index is -0.850. The lowest BCUT2D eigenvalue weighted by Crippen LogP contribution is -2.37. The monoisotopic (exact) mass is 400 g/mol. The number of nitrogens with zero attached hydrogens (tertiary/aromatic N) is 1. The van der Waals surface area contributed by atoms with Crippen LogP contribution in [0.3, 0.4) is 0 Å². The van der Waals surface area contributed by atoms with E-state index in [1.807, 2.05) is 48.5 Å². The van der Waals surface area contributed by atoms with Crippen molar-refractivity contribution in [3.05, 3.63) is 101 Å². The standard InChI is InChI=1S/C24H20N2O4/c1-30-24(29)19-13-7-8-14-20(19)25-22(27)21(16-9-3-2-4-10-16)26-15-17-11-5-6-12-18(17)23(26)28/h2-14,21H,15H2,1H3,(H,25,27). The Bertz CT molecular complexity index is 1110. The highest BCUT2D eigenvalue weighted by atomic mass is 16.5. The third-order valence-electron chi connectivity index (χ3n) is 5.11. The number of rotatable bonds is 5. The van der Waals surface area contributed by atoms with E-state index < -0.39 is 17.9 Å². The van der Waals surface area contributed by atoms with E-state index >= 15 is 0 Å². The maximum Gasteiger partial charge on any atom is 0.339 e. The third-order valence-corrected chi connectivity index (χ3v) is 5.11. The first kappa shape index (κ1) is 19.4. The van der Waals surface area contributed by atoms with Crippen LogP contribution in [0.25, 0.3) is 0 Å². The number of benzene rings is 3. The fraction of sp³-hybridized carbons (Fsp3) is 0.125. The van der Waals surface area contributed by atoms with Gasteiger partial charge in [-0.05, 0) is 29.3 Å². The molecule has 0 aromatic heterocycles. The van der Waals surface area contributed by atoms with Gasteiger partial charge in [-0.3, -0.25) is 9.59 Å². The molecule has 1 atom stereocenters. The summed E-state index contributed by atoms with van der Waals surface area (Å²) in [7, 11) is 1.29. The van der Waals surface area contributed by atoms with Crippen molar-refractivity contribution in [1.29, 1.82) is 0 Å². The van der Waals surface area contributed by atoms with Crippen LogP contribution in [0.1, 0.15) is 37.9 Å². The Morgan fingerprint density at radius 1 is 0.933 bits per heavy atom. The molecule has 0 radical (unpaired) electrons. The van der Waals surface area contributed by atoms with Crippen molar-refractivity contribution < 1.29 is 19.1 Å². The van der Waals surface area contributed by atoms with Crippen LogP contribution < -0.4 is 5.32 Å². The number of methoxy groups -OCH3 is 1. The second-order valence-electron chi connectivity index (χ2n) is 6.93. The fourth-order valence-electron chi connectivity index (χ4n) is 3.67. The maximum absolute atomic E-state index is 13.4. The molecule has 1 N–H and O–H groups in total. The molecule has 0 saturated carbocycles. The number of hydrogen-bond acceptors (Lipinski definition) is 4. The van der Waals surface area contributed by atoms with E-state index in [2.05, 4.69) is 5.32 Å². The smallest absolute Gasteiger partial charge is 0.339 e. The summed E-state index contributed by atoms with van der Waals surface area (Å²) >= 11 is 0. The second-order valence-corrected chi connectivity index (χ2v) is 6.93. The van der Waals surface area contributed by atoms with Gasteiger partial charge >= 0.3 is 5.97 Å². The molecule has 1 aliphatic heterocycles. The average molecular weight is 400 g/mol.